The minimum atomic E-state index is -4.42. The Morgan fingerprint density at radius 2 is 1.68 bits per heavy atom. The summed E-state index contributed by atoms with van der Waals surface area (Å²) >= 11 is 0. The first-order chi connectivity index (χ1) is 14.6. The Morgan fingerprint density at radius 1 is 1.03 bits per heavy atom. The van der Waals surface area contributed by atoms with Gasteiger partial charge in [-0.15, -0.1) is 0 Å². The summed E-state index contributed by atoms with van der Waals surface area (Å²) in [5.74, 6) is -0.533. The molecule has 0 aromatic heterocycles. The smallest absolute Gasteiger partial charge is 0.322 e. The lowest BCUT2D eigenvalue weighted by Crippen LogP contribution is -2.47. The van der Waals surface area contributed by atoms with Crippen molar-refractivity contribution in [3.8, 4) is 0 Å². The Morgan fingerprint density at radius 3 is 2.29 bits per heavy atom. The Labute approximate surface area is 179 Å². The minimum Gasteiger partial charge on any atom is -0.322 e. The Kier molecular flexibility index (Phi) is 6.83. The van der Waals surface area contributed by atoms with E-state index >= 15 is 0 Å². The van der Waals surface area contributed by atoms with Crippen molar-refractivity contribution in [1.82, 2.24) is 9.21 Å². The lowest BCUT2D eigenvalue weighted by atomic mass is 10.1. The van der Waals surface area contributed by atoms with Gasteiger partial charge in [0.2, 0.25) is 15.9 Å². The number of nitrogens with zero attached hydrogens (tertiary/aromatic N) is 2. The van der Waals surface area contributed by atoms with Crippen LogP contribution in [0.2, 0.25) is 0 Å². The second-order valence-electron chi connectivity index (χ2n) is 7.18. The van der Waals surface area contributed by atoms with Crippen LogP contribution in [0.4, 0.5) is 18.9 Å². The maximum Gasteiger partial charge on any atom is 0.416 e. The third kappa shape index (κ3) is 5.93. The van der Waals surface area contributed by atoms with Gasteiger partial charge in [0.15, 0.2) is 0 Å². The molecule has 2 aromatic rings. The summed E-state index contributed by atoms with van der Waals surface area (Å²) < 4.78 is 64.9. The molecule has 0 spiro atoms. The predicted octanol–water partition coefficient (Wildman–Crippen LogP) is 3.29. The molecular weight excluding hydrogens is 431 g/mol. The fraction of sp³-hybridized carbons (Fsp3) is 0.286. The van der Waals surface area contributed by atoms with Crippen LogP contribution in [-0.4, -0.2) is 56.8 Å². The number of anilines is 1. The lowest BCUT2D eigenvalue weighted by Gasteiger charge is -2.31. The van der Waals surface area contributed by atoms with Gasteiger partial charge in [0.05, 0.1) is 10.5 Å². The van der Waals surface area contributed by atoms with E-state index in [1.54, 1.807) is 6.07 Å². The van der Waals surface area contributed by atoms with Crippen LogP contribution in [0.1, 0.15) is 11.1 Å². The zero-order valence-electron chi connectivity index (χ0n) is 16.8. The van der Waals surface area contributed by atoms with E-state index in [0.29, 0.717) is 37.4 Å². The number of amides is 1. The molecule has 1 fully saturated rings. The van der Waals surface area contributed by atoms with Crippen molar-refractivity contribution >= 4 is 27.7 Å². The third-order valence-corrected chi connectivity index (χ3v) is 6.76. The number of rotatable bonds is 5. The maximum atomic E-state index is 12.8. The summed E-state index contributed by atoms with van der Waals surface area (Å²) in [6.07, 6.45) is -1.88. The molecule has 0 saturated carbocycles. The monoisotopic (exact) mass is 453 g/mol. The molecule has 10 heteroatoms. The topological polar surface area (TPSA) is 69.7 Å². The molecule has 2 aromatic carbocycles. The highest BCUT2D eigenvalue weighted by Gasteiger charge is 2.30. The van der Waals surface area contributed by atoms with E-state index in [-0.39, 0.29) is 4.90 Å². The summed E-state index contributed by atoms with van der Waals surface area (Å²) in [6, 6.07) is 10.4. The van der Waals surface area contributed by atoms with Gasteiger partial charge in [-0.3, -0.25) is 4.79 Å². The average molecular weight is 453 g/mol. The van der Waals surface area contributed by atoms with E-state index in [9.17, 15) is 26.4 Å². The number of carbonyl (C=O) groups is 1. The molecule has 0 radical (unpaired) electrons. The van der Waals surface area contributed by atoms with E-state index in [0.717, 1.165) is 12.1 Å². The molecule has 1 N–H and O–H groups in total. The van der Waals surface area contributed by atoms with E-state index in [4.69, 9.17) is 0 Å². The zero-order chi connectivity index (χ0) is 22.6. The second-order valence-corrected chi connectivity index (χ2v) is 9.12. The summed E-state index contributed by atoms with van der Waals surface area (Å²) in [7, 11) is -1.74. The molecule has 0 unspecified atom stereocenters. The molecule has 3 rings (SSSR count). The molecule has 31 heavy (non-hydrogen) atoms. The van der Waals surface area contributed by atoms with Crippen LogP contribution >= 0.6 is 0 Å². The fourth-order valence-electron chi connectivity index (χ4n) is 3.05. The number of hydrogen-bond donors (Lipinski definition) is 1. The van der Waals surface area contributed by atoms with Crippen LogP contribution in [0.25, 0.3) is 6.08 Å². The molecule has 1 aliphatic heterocycles. The van der Waals surface area contributed by atoms with Crippen molar-refractivity contribution in [3.05, 3.63) is 65.7 Å². The number of halogens is 3. The molecule has 6 nitrogen and oxygen atoms in total. The van der Waals surface area contributed by atoms with Gasteiger partial charge in [0.1, 0.15) is 0 Å². The van der Waals surface area contributed by atoms with Gasteiger partial charge >= 0.3 is 6.18 Å². The number of benzene rings is 2. The first-order valence-electron chi connectivity index (χ1n) is 9.51. The summed E-state index contributed by atoms with van der Waals surface area (Å²) in [4.78, 5) is 14.3. The molecule has 1 heterocycles. The van der Waals surface area contributed by atoms with Crippen molar-refractivity contribution in [3.63, 3.8) is 0 Å². The Hall–Kier alpha value is -2.69. The van der Waals surface area contributed by atoms with Gasteiger partial charge in [0, 0.05) is 37.9 Å². The highest BCUT2D eigenvalue weighted by Crippen LogP contribution is 2.29. The fourth-order valence-corrected chi connectivity index (χ4v) is 4.52. The predicted molar refractivity (Wildman–Crippen MR) is 112 cm³/mol. The first-order valence-corrected chi connectivity index (χ1v) is 10.9. The molecule has 0 aliphatic carbocycles. The van der Waals surface area contributed by atoms with Gasteiger partial charge in [-0.2, -0.15) is 17.5 Å². The summed E-state index contributed by atoms with van der Waals surface area (Å²) in [5, 5.41) is 2.57. The number of piperazine rings is 1. The largest absolute Gasteiger partial charge is 0.416 e. The van der Waals surface area contributed by atoms with Gasteiger partial charge < -0.3 is 10.2 Å². The molecule has 1 aliphatic rings. The molecule has 1 saturated heterocycles. The van der Waals surface area contributed by atoms with Crippen molar-refractivity contribution in [2.75, 3.05) is 38.5 Å². The van der Waals surface area contributed by atoms with Crippen LogP contribution in [0.3, 0.4) is 0 Å². The Balaban J connectivity index is 1.66. The van der Waals surface area contributed by atoms with Crippen molar-refractivity contribution in [2.24, 2.45) is 0 Å². The average Bonchev–Trinajstić information content (AvgIpc) is 2.72. The number of sulfonamides is 1. The lowest BCUT2D eigenvalue weighted by molar-refractivity contribution is -0.137. The van der Waals surface area contributed by atoms with E-state index < -0.39 is 27.7 Å². The number of alkyl halides is 3. The van der Waals surface area contributed by atoms with Gasteiger partial charge in [-0.1, -0.05) is 18.2 Å². The van der Waals surface area contributed by atoms with Gasteiger partial charge in [-0.05, 0) is 49.0 Å². The SMILES string of the molecule is CN1CCN(S(=O)(=O)c2cccc(NC(=O)/C=C/c3ccc(C(F)(F)F)cc3)c2)CC1. The van der Waals surface area contributed by atoms with Crippen LogP contribution in [0.5, 0.6) is 0 Å². The zero-order valence-corrected chi connectivity index (χ0v) is 17.6. The molecule has 0 bridgehead atoms. The normalized spacial score (nSPS) is 16.5. The van der Waals surface area contributed by atoms with Crippen LogP contribution < -0.4 is 5.32 Å². The van der Waals surface area contributed by atoms with Crippen molar-refractivity contribution in [1.29, 1.82) is 0 Å². The summed E-state index contributed by atoms with van der Waals surface area (Å²) in [6.45, 7) is 2.07. The maximum absolute atomic E-state index is 12.8. The highest BCUT2D eigenvalue weighted by atomic mass is 32.2. The number of carbonyl (C=O) groups excluding carboxylic acids is 1. The molecule has 0 atom stereocenters. The standard InChI is InChI=1S/C21H22F3N3O3S/c1-26-11-13-27(14-12-26)31(29,30)19-4-2-3-18(15-19)25-20(28)10-7-16-5-8-17(9-6-16)21(22,23)24/h2-10,15H,11-14H2,1H3,(H,25,28)/b10-7+. The number of hydrogen-bond acceptors (Lipinski definition) is 4. The molecule has 166 valence electrons. The molecular formula is C21H22F3N3O3S. The number of likely N-dealkylation sites (N-methyl/N-ethyl adjacent to an activating group) is 1. The highest BCUT2D eigenvalue weighted by molar-refractivity contribution is 7.89. The van der Waals surface area contributed by atoms with Crippen LogP contribution in [0.15, 0.2) is 59.5 Å². The second kappa shape index (κ2) is 9.21. The van der Waals surface area contributed by atoms with Gasteiger partial charge in [0.25, 0.3) is 0 Å². The third-order valence-electron chi connectivity index (χ3n) is 4.87. The van der Waals surface area contributed by atoms with Crippen molar-refractivity contribution < 1.29 is 26.4 Å². The number of nitrogens with one attached hydrogen (secondary N) is 1. The van der Waals surface area contributed by atoms with E-state index in [1.807, 2.05) is 11.9 Å². The van der Waals surface area contributed by atoms with Crippen LogP contribution in [-0.2, 0) is 21.0 Å². The molecule has 1 amide bonds. The minimum absolute atomic E-state index is 0.0848. The van der Waals surface area contributed by atoms with E-state index in [2.05, 4.69) is 5.32 Å². The van der Waals surface area contributed by atoms with Crippen molar-refractivity contribution in [2.45, 2.75) is 11.1 Å². The van der Waals surface area contributed by atoms with Gasteiger partial charge in [-0.25, -0.2) is 8.42 Å². The van der Waals surface area contributed by atoms with Crippen LogP contribution in [0, 0.1) is 0 Å². The Bertz CT molecular complexity index is 1060. The first kappa shape index (κ1) is 23.0. The quantitative estimate of drug-likeness (QED) is 0.706. The van der Waals surface area contributed by atoms with E-state index in [1.165, 1.54) is 46.8 Å². The summed E-state index contributed by atoms with van der Waals surface area (Å²) in [5.41, 5.74) is -0.0423.